The van der Waals surface area contributed by atoms with Gasteiger partial charge in [0.1, 0.15) is 5.78 Å². The van der Waals surface area contributed by atoms with Crippen LogP contribution in [0.15, 0.2) is 41.4 Å². The molecule has 5 heteroatoms. The van der Waals surface area contributed by atoms with Gasteiger partial charge in [0.05, 0.1) is 17.5 Å². The fraction of sp³-hybridized carbons (Fsp3) is 0.286. The number of fused-ring (bicyclic) bond motifs is 1. The van der Waals surface area contributed by atoms with Crippen LogP contribution < -0.4 is 10.6 Å². The summed E-state index contributed by atoms with van der Waals surface area (Å²) in [6.45, 7) is 5.44. The quantitative estimate of drug-likeness (QED) is 0.913. The van der Waals surface area contributed by atoms with Crippen molar-refractivity contribution in [3.8, 4) is 0 Å². The minimum atomic E-state index is -0.369. The van der Waals surface area contributed by atoms with Crippen molar-refractivity contribution in [2.24, 2.45) is 5.73 Å². The van der Waals surface area contributed by atoms with E-state index in [1.807, 2.05) is 24.3 Å². The Balaban J connectivity index is 2.36. The third kappa shape index (κ3) is 2.98. The second kappa shape index (κ2) is 5.48. The Labute approximate surface area is 116 Å². The number of rotatable bonds is 4. The number of hydrogen-bond acceptors (Lipinski definition) is 4. The van der Waals surface area contributed by atoms with Gasteiger partial charge in [0.2, 0.25) is 5.91 Å². The predicted molar refractivity (Wildman–Crippen MR) is 77.1 cm³/mol. The molecule has 1 aliphatic rings. The van der Waals surface area contributed by atoms with Gasteiger partial charge in [-0.3, -0.25) is 9.59 Å². The molecule has 0 saturated carbocycles. The molecule has 0 spiro atoms. The first-order valence-electron chi connectivity index (χ1n) is 5.99. The Kier molecular flexibility index (Phi) is 3.95. The molecule has 2 N–H and O–H groups in total. The molecule has 0 aliphatic carbocycles. The fourth-order valence-corrected chi connectivity index (χ4v) is 3.34. The molecule has 1 unspecified atom stereocenters. The molecule has 0 radical (unpaired) electrons. The Morgan fingerprint density at radius 2 is 2.16 bits per heavy atom. The van der Waals surface area contributed by atoms with Crippen molar-refractivity contribution < 1.29 is 9.59 Å². The van der Waals surface area contributed by atoms with Crippen molar-refractivity contribution in [3.05, 3.63) is 36.5 Å². The standard InChI is InChI=1S/C14H16N2O2S/c1-9(15)8-16-11-5-3-4-6-12(11)19-13(14(16)18)7-10(2)17/h3-6,13H,1,7-8,15H2,2H3. The van der Waals surface area contributed by atoms with Crippen molar-refractivity contribution in [1.29, 1.82) is 0 Å². The highest BCUT2D eigenvalue weighted by atomic mass is 32.2. The summed E-state index contributed by atoms with van der Waals surface area (Å²) in [5.41, 5.74) is 6.89. The molecule has 1 heterocycles. The van der Waals surface area contributed by atoms with Crippen LogP contribution in [0.25, 0.3) is 0 Å². The van der Waals surface area contributed by atoms with Gasteiger partial charge < -0.3 is 10.6 Å². The molecule has 1 aromatic carbocycles. The van der Waals surface area contributed by atoms with Crippen molar-refractivity contribution in [2.45, 2.75) is 23.5 Å². The largest absolute Gasteiger partial charge is 0.401 e. The second-order valence-corrected chi connectivity index (χ2v) is 5.81. The van der Waals surface area contributed by atoms with E-state index >= 15 is 0 Å². The van der Waals surface area contributed by atoms with Gasteiger partial charge in [0.25, 0.3) is 0 Å². The normalized spacial score (nSPS) is 18.1. The number of nitrogens with zero attached hydrogens (tertiary/aromatic N) is 1. The maximum atomic E-state index is 12.4. The molecule has 0 bridgehead atoms. The van der Waals surface area contributed by atoms with Crippen LogP contribution in [-0.2, 0) is 9.59 Å². The molecule has 0 aromatic heterocycles. The van der Waals surface area contributed by atoms with Gasteiger partial charge >= 0.3 is 0 Å². The Morgan fingerprint density at radius 1 is 1.47 bits per heavy atom. The number of hydrogen-bond donors (Lipinski definition) is 1. The van der Waals surface area contributed by atoms with E-state index < -0.39 is 0 Å². The summed E-state index contributed by atoms with van der Waals surface area (Å²) in [5.74, 6) is -0.0674. The van der Waals surface area contributed by atoms with Crippen LogP contribution in [0.1, 0.15) is 13.3 Å². The van der Waals surface area contributed by atoms with E-state index in [0.717, 1.165) is 10.6 Å². The molecule has 1 atom stereocenters. The third-order valence-corrected chi connectivity index (χ3v) is 4.05. The van der Waals surface area contributed by atoms with Crippen molar-refractivity contribution >= 4 is 29.1 Å². The molecule has 1 amide bonds. The number of para-hydroxylation sites is 1. The van der Waals surface area contributed by atoms with E-state index in [0.29, 0.717) is 5.70 Å². The average Bonchev–Trinajstić information content (AvgIpc) is 2.33. The highest BCUT2D eigenvalue weighted by molar-refractivity contribution is 8.01. The first-order valence-corrected chi connectivity index (χ1v) is 6.86. The van der Waals surface area contributed by atoms with Crippen molar-refractivity contribution in [2.75, 3.05) is 11.4 Å². The average molecular weight is 276 g/mol. The topological polar surface area (TPSA) is 63.4 Å². The van der Waals surface area contributed by atoms with Crippen molar-refractivity contribution in [1.82, 2.24) is 0 Å². The summed E-state index contributed by atoms with van der Waals surface area (Å²) in [5, 5.41) is -0.369. The van der Waals surface area contributed by atoms with Gasteiger partial charge in [-0.1, -0.05) is 18.7 Å². The van der Waals surface area contributed by atoms with E-state index in [1.54, 1.807) is 4.90 Å². The number of carbonyl (C=O) groups is 2. The van der Waals surface area contributed by atoms with Gasteiger partial charge in [-0.05, 0) is 19.1 Å². The van der Waals surface area contributed by atoms with Crippen LogP contribution in [0.3, 0.4) is 0 Å². The molecule has 1 aliphatic heterocycles. The number of amides is 1. The summed E-state index contributed by atoms with van der Waals surface area (Å²) in [4.78, 5) is 26.3. The zero-order valence-corrected chi connectivity index (χ0v) is 11.6. The minimum Gasteiger partial charge on any atom is -0.401 e. The summed E-state index contributed by atoms with van der Waals surface area (Å²) < 4.78 is 0. The van der Waals surface area contributed by atoms with Crippen LogP contribution in [0.4, 0.5) is 5.69 Å². The third-order valence-electron chi connectivity index (χ3n) is 2.80. The van der Waals surface area contributed by atoms with Crippen LogP contribution in [-0.4, -0.2) is 23.5 Å². The van der Waals surface area contributed by atoms with Gasteiger partial charge in [-0.15, -0.1) is 11.8 Å². The molecular formula is C14H16N2O2S. The van der Waals surface area contributed by atoms with Gasteiger partial charge in [0, 0.05) is 17.0 Å². The van der Waals surface area contributed by atoms with E-state index in [9.17, 15) is 9.59 Å². The van der Waals surface area contributed by atoms with E-state index in [-0.39, 0.29) is 29.9 Å². The lowest BCUT2D eigenvalue weighted by Crippen LogP contribution is -2.43. The van der Waals surface area contributed by atoms with E-state index in [4.69, 9.17) is 5.73 Å². The number of carbonyl (C=O) groups excluding carboxylic acids is 2. The molecule has 1 aromatic rings. The molecular weight excluding hydrogens is 260 g/mol. The number of benzene rings is 1. The molecule has 4 nitrogen and oxygen atoms in total. The molecule has 19 heavy (non-hydrogen) atoms. The first kappa shape index (κ1) is 13.7. The summed E-state index contributed by atoms with van der Waals surface area (Å²) in [7, 11) is 0. The zero-order chi connectivity index (χ0) is 14.0. The Morgan fingerprint density at radius 3 is 2.79 bits per heavy atom. The maximum absolute atomic E-state index is 12.4. The predicted octanol–water partition coefficient (Wildman–Crippen LogP) is 1.95. The van der Waals surface area contributed by atoms with Gasteiger partial charge in [0.15, 0.2) is 0 Å². The van der Waals surface area contributed by atoms with Gasteiger partial charge in [-0.2, -0.15) is 0 Å². The SMILES string of the molecule is C=C(N)CN1C(=O)C(CC(C)=O)Sc2ccccc21. The lowest BCUT2D eigenvalue weighted by Gasteiger charge is -2.33. The summed E-state index contributed by atoms with van der Waals surface area (Å²) in [6, 6.07) is 7.63. The second-order valence-electron chi connectivity index (χ2n) is 4.56. The van der Waals surface area contributed by atoms with Gasteiger partial charge in [-0.25, -0.2) is 0 Å². The number of Topliss-reactive ketones (excluding diaryl/α,β-unsaturated/α-hetero) is 1. The molecule has 0 fully saturated rings. The molecule has 2 rings (SSSR count). The van der Waals surface area contributed by atoms with Crippen LogP contribution in [0.2, 0.25) is 0 Å². The zero-order valence-electron chi connectivity index (χ0n) is 10.8. The Bertz CT molecular complexity index is 542. The number of ketones is 1. The minimum absolute atomic E-state index is 0.0109. The number of thioether (sulfide) groups is 1. The highest BCUT2D eigenvalue weighted by Crippen LogP contribution is 2.40. The summed E-state index contributed by atoms with van der Waals surface area (Å²) >= 11 is 1.44. The van der Waals surface area contributed by atoms with Crippen LogP contribution in [0, 0.1) is 0 Å². The lowest BCUT2D eigenvalue weighted by molar-refractivity contribution is -0.122. The van der Waals surface area contributed by atoms with E-state index in [2.05, 4.69) is 6.58 Å². The fourth-order valence-electron chi connectivity index (χ4n) is 2.03. The van der Waals surface area contributed by atoms with Crippen molar-refractivity contribution in [3.63, 3.8) is 0 Å². The van der Waals surface area contributed by atoms with E-state index in [1.165, 1.54) is 18.7 Å². The highest BCUT2D eigenvalue weighted by Gasteiger charge is 2.33. The number of nitrogens with two attached hydrogens (primary N) is 1. The molecule has 100 valence electrons. The smallest absolute Gasteiger partial charge is 0.241 e. The summed E-state index contributed by atoms with van der Waals surface area (Å²) in [6.07, 6.45) is 0.241. The maximum Gasteiger partial charge on any atom is 0.241 e. The van der Waals surface area contributed by atoms with Crippen LogP contribution in [0.5, 0.6) is 0 Å². The lowest BCUT2D eigenvalue weighted by atomic mass is 10.1. The number of anilines is 1. The first-order chi connectivity index (χ1) is 8.99. The monoisotopic (exact) mass is 276 g/mol. The molecule has 0 saturated heterocycles. The van der Waals surface area contributed by atoms with Crippen LogP contribution >= 0.6 is 11.8 Å². The Hall–Kier alpha value is -1.75.